The highest BCUT2D eigenvalue weighted by Crippen LogP contribution is 2.08. The monoisotopic (exact) mass is 244 g/mol. The molecule has 0 spiro atoms. The molecule has 0 atom stereocenters. The molecule has 2 aromatic rings. The van der Waals surface area contributed by atoms with Gasteiger partial charge in [-0.1, -0.05) is 6.58 Å². The molecule has 2 heterocycles. The molecule has 94 valence electrons. The molecular formula is C13H16N4O. The summed E-state index contributed by atoms with van der Waals surface area (Å²) in [5.74, 6) is 0.633. The Bertz CT molecular complexity index is 521. The Hall–Kier alpha value is -2.14. The molecule has 0 unspecified atom stereocenters. The van der Waals surface area contributed by atoms with Gasteiger partial charge in [-0.05, 0) is 11.6 Å². The van der Waals surface area contributed by atoms with Gasteiger partial charge in [-0.25, -0.2) is 9.67 Å². The van der Waals surface area contributed by atoms with E-state index in [9.17, 15) is 0 Å². The van der Waals surface area contributed by atoms with Crippen molar-refractivity contribution in [2.24, 2.45) is 0 Å². The molecule has 0 bridgehead atoms. The second kappa shape index (κ2) is 5.97. The molecule has 1 N–H and O–H groups in total. The summed E-state index contributed by atoms with van der Waals surface area (Å²) in [5.41, 5.74) is 2.26. The van der Waals surface area contributed by atoms with Crippen molar-refractivity contribution in [1.29, 1.82) is 0 Å². The Morgan fingerprint density at radius 1 is 1.44 bits per heavy atom. The minimum atomic E-state index is 0.633. The molecule has 0 aromatic carbocycles. The molecule has 0 aliphatic heterocycles. The fourth-order valence-corrected chi connectivity index (χ4v) is 1.59. The largest absolute Gasteiger partial charge is 0.481 e. The number of nitrogens with zero attached hydrogens (tertiary/aromatic N) is 3. The van der Waals surface area contributed by atoms with Gasteiger partial charge in [0.15, 0.2) is 0 Å². The Morgan fingerprint density at radius 3 is 3.00 bits per heavy atom. The first kappa shape index (κ1) is 12.3. The van der Waals surface area contributed by atoms with Crippen molar-refractivity contribution in [2.75, 3.05) is 7.11 Å². The third-order valence-corrected chi connectivity index (χ3v) is 2.51. The van der Waals surface area contributed by atoms with E-state index in [4.69, 9.17) is 4.74 Å². The van der Waals surface area contributed by atoms with Gasteiger partial charge in [-0.15, -0.1) is 0 Å². The van der Waals surface area contributed by atoms with E-state index in [1.807, 2.05) is 24.5 Å². The highest BCUT2D eigenvalue weighted by atomic mass is 16.5. The molecule has 5 nitrogen and oxygen atoms in total. The SMILES string of the molecule is C=Cn1cc(CNCc2ccnc(OC)c2)cn1. The Labute approximate surface area is 106 Å². The molecule has 0 fully saturated rings. The van der Waals surface area contributed by atoms with Crippen molar-refractivity contribution in [3.05, 3.63) is 48.4 Å². The molecular weight excluding hydrogens is 228 g/mol. The van der Waals surface area contributed by atoms with Gasteiger partial charge in [0.05, 0.1) is 13.3 Å². The molecule has 2 aromatic heterocycles. The van der Waals surface area contributed by atoms with Crippen molar-refractivity contribution < 1.29 is 4.74 Å². The van der Waals surface area contributed by atoms with Crippen LogP contribution in [0.2, 0.25) is 0 Å². The zero-order valence-corrected chi connectivity index (χ0v) is 10.3. The summed E-state index contributed by atoms with van der Waals surface area (Å²) in [7, 11) is 1.61. The van der Waals surface area contributed by atoms with Crippen LogP contribution in [0.15, 0.2) is 37.3 Å². The lowest BCUT2D eigenvalue weighted by Gasteiger charge is -2.04. The van der Waals surface area contributed by atoms with Crippen molar-refractivity contribution in [1.82, 2.24) is 20.1 Å². The van der Waals surface area contributed by atoms with Crippen LogP contribution in [-0.2, 0) is 13.1 Å². The van der Waals surface area contributed by atoms with Gasteiger partial charge < -0.3 is 10.1 Å². The Kier molecular flexibility index (Phi) is 4.09. The second-order valence-electron chi connectivity index (χ2n) is 3.82. The lowest BCUT2D eigenvalue weighted by molar-refractivity contribution is 0.397. The van der Waals surface area contributed by atoms with Crippen LogP contribution in [0.25, 0.3) is 6.20 Å². The van der Waals surface area contributed by atoms with E-state index in [1.165, 1.54) is 0 Å². The number of pyridine rings is 1. The lowest BCUT2D eigenvalue weighted by atomic mass is 10.2. The van der Waals surface area contributed by atoms with Crippen LogP contribution in [0.4, 0.5) is 0 Å². The second-order valence-corrected chi connectivity index (χ2v) is 3.82. The number of hydrogen-bond acceptors (Lipinski definition) is 4. The quantitative estimate of drug-likeness (QED) is 0.840. The Morgan fingerprint density at radius 2 is 2.28 bits per heavy atom. The summed E-state index contributed by atoms with van der Waals surface area (Å²) in [6.07, 6.45) is 7.16. The van der Waals surface area contributed by atoms with Crippen LogP contribution in [0.3, 0.4) is 0 Å². The number of methoxy groups -OCH3 is 1. The van der Waals surface area contributed by atoms with E-state index in [2.05, 4.69) is 22.0 Å². The van der Waals surface area contributed by atoms with Crippen molar-refractivity contribution in [3.8, 4) is 5.88 Å². The zero-order valence-electron chi connectivity index (χ0n) is 10.3. The first-order valence-corrected chi connectivity index (χ1v) is 5.67. The predicted molar refractivity (Wildman–Crippen MR) is 69.9 cm³/mol. The molecule has 0 radical (unpaired) electrons. The fourth-order valence-electron chi connectivity index (χ4n) is 1.59. The molecule has 0 aliphatic carbocycles. The van der Waals surface area contributed by atoms with E-state index < -0.39 is 0 Å². The maximum Gasteiger partial charge on any atom is 0.213 e. The summed E-state index contributed by atoms with van der Waals surface area (Å²) < 4.78 is 6.76. The van der Waals surface area contributed by atoms with E-state index in [-0.39, 0.29) is 0 Å². The topological polar surface area (TPSA) is 52.0 Å². The average Bonchev–Trinajstić information content (AvgIpc) is 2.87. The molecule has 0 amide bonds. The number of hydrogen-bond donors (Lipinski definition) is 1. The van der Waals surface area contributed by atoms with Gasteiger partial charge in [0.1, 0.15) is 0 Å². The van der Waals surface area contributed by atoms with Crippen LogP contribution in [0.1, 0.15) is 11.1 Å². The smallest absolute Gasteiger partial charge is 0.213 e. The standard InChI is InChI=1S/C13H16N4O/c1-3-17-10-12(9-16-17)8-14-7-11-4-5-15-13(6-11)18-2/h3-6,9-10,14H,1,7-8H2,2H3. The summed E-state index contributed by atoms with van der Waals surface area (Å²) >= 11 is 0. The van der Waals surface area contributed by atoms with E-state index in [0.29, 0.717) is 5.88 Å². The maximum atomic E-state index is 5.07. The number of ether oxygens (including phenoxy) is 1. The molecule has 2 rings (SSSR count). The zero-order chi connectivity index (χ0) is 12.8. The van der Waals surface area contributed by atoms with E-state index >= 15 is 0 Å². The average molecular weight is 244 g/mol. The Balaban J connectivity index is 1.85. The van der Waals surface area contributed by atoms with Crippen LogP contribution in [-0.4, -0.2) is 21.9 Å². The van der Waals surface area contributed by atoms with Crippen molar-refractivity contribution >= 4 is 6.20 Å². The fraction of sp³-hybridized carbons (Fsp3) is 0.231. The number of aromatic nitrogens is 3. The molecule has 18 heavy (non-hydrogen) atoms. The van der Waals surface area contributed by atoms with E-state index in [1.54, 1.807) is 24.2 Å². The number of nitrogens with one attached hydrogen (secondary N) is 1. The highest BCUT2D eigenvalue weighted by Gasteiger charge is 1.99. The molecule has 0 saturated carbocycles. The predicted octanol–water partition coefficient (Wildman–Crippen LogP) is 1.68. The minimum absolute atomic E-state index is 0.633. The van der Waals surface area contributed by atoms with Gasteiger partial charge in [-0.3, -0.25) is 0 Å². The van der Waals surface area contributed by atoms with Gasteiger partial charge in [0, 0.05) is 43.3 Å². The van der Waals surface area contributed by atoms with Crippen LogP contribution < -0.4 is 10.1 Å². The van der Waals surface area contributed by atoms with Gasteiger partial charge >= 0.3 is 0 Å². The normalized spacial score (nSPS) is 10.3. The first-order chi connectivity index (χ1) is 8.81. The third kappa shape index (κ3) is 3.18. The summed E-state index contributed by atoms with van der Waals surface area (Å²) in [5, 5.41) is 7.45. The van der Waals surface area contributed by atoms with E-state index in [0.717, 1.165) is 24.2 Å². The van der Waals surface area contributed by atoms with Gasteiger partial charge in [0.2, 0.25) is 5.88 Å². The molecule has 5 heteroatoms. The minimum Gasteiger partial charge on any atom is -0.481 e. The first-order valence-electron chi connectivity index (χ1n) is 5.67. The van der Waals surface area contributed by atoms with Crippen molar-refractivity contribution in [2.45, 2.75) is 13.1 Å². The molecule has 0 saturated heterocycles. The molecule has 0 aliphatic rings. The number of rotatable bonds is 6. The summed E-state index contributed by atoms with van der Waals surface area (Å²) in [4.78, 5) is 4.06. The van der Waals surface area contributed by atoms with Gasteiger partial charge in [-0.2, -0.15) is 5.10 Å². The van der Waals surface area contributed by atoms with Crippen molar-refractivity contribution in [3.63, 3.8) is 0 Å². The lowest BCUT2D eigenvalue weighted by Crippen LogP contribution is -2.12. The maximum absolute atomic E-state index is 5.07. The van der Waals surface area contributed by atoms with Gasteiger partial charge in [0.25, 0.3) is 0 Å². The summed E-state index contributed by atoms with van der Waals surface area (Å²) in [6, 6.07) is 3.88. The van der Waals surface area contributed by atoms with Crippen LogP contribution in [0, 0.1) is 0 Å². The third-order valence-electron chi connectivity index (χ3n) is 2.51. The van der Waals surface area contributed by atoms with Crippen LogP contribution in [0.5, 0.6) is 5.88 Å². The summed E-state index contributed by atoms with van der Waals surface area (Å²) in [6.45, 7) is 5.17. The van der Waals surface area contributed by atoms with Crippen LogP contribution >= 0.6 is 0 Å². The highest BCUT2D eigenvalue weighted by molar-refractivity contribution is 5.21.